The zero-order valence-corrected chi connectivity index (χ0v) is 11.4. The van der Waals surface area contributed by atoms with Gasteiger partial charge in [0.2, 0.25) is 0 Å². The van der Waals surface area contributed by atoms with E-state index in [-0.39, 0.29) is 5.41 Å². The molecule has 1 fully saturated rings. The van der Waals surface area contributed by atoms with Crippen molar-refractivity contribution in [1.29, 1.82) is 5.26 Å². The predicted molar refractivity (Wildman–Crippen MR) is 67.6 cm³/mol. The first-order valence-electron chi connectivity index (χ1n) is 5.04. The summed E-state index contributed by atoms with van der Waals surface area (Å²) in [7, 11) is 0. The fourth-order valence-corrected chi connectivity index (χ4v) is 3.57. The third-order valence-corrected chi connectivity index (χ3v) is 4.00. The average molecular weight is 329 g/mol. The Kier molecular flexibility index (Phi) is 3.18. The van der Waals surface area contributed by atoms with E-state index in [1.54, 1.807) is 0 Å². The van der Waals surface area contributed by atoms with Crippen LogP contribution in [0.2, 0.25) is 0 Å². The molecule has 78 valence electrons. The highest BCUT2D eigenvalue weighted by Gasteiger charge is 2.35. The van der Waals surface area contributed by atoms with Crippen molar-refractivity contribution in [1.82, 2.24) is 0 Å². The van der Waals surface area contributed by atoms with Crippen LogP contribution in [0.3, 0.4) is 0 Å². The largest absolute Gasteiger partial charge is 0.197 e. The van der Waals surface area contributed by atoms with Gasteiger partial charge in [0.15, 0.2) is 0 Å². The van der Waals surface area contributed by atoms with Gasteiger partial charge in [0, 0.05) is 8.95 Å². The lowest BCUT2D eigenvalue weighted by Gasteiger charge is -2.21. The molecular weight excluding hydrogens is 318 g/mol. The van der Waals surface area contributed by atoms with E-state index in [1.807, 2.05) is 6.07 Å². The maximum absolute atomic E-state index is 9.37. The van der Waals surface area contributed by atoms with Gasteiger partial charge in [-0.25, -0.2) is 0 Å². The molecule has 1 aliphatic rings. The maximum atomic E-state index is 9.37. The molecule has 0 spiro atoms. The normalized spacial score (nSPS) is 18.7. The number of rotatable bonds is 1. The van der Waals surface area contributed by atoms with E-state index in [2.05, 4.69) is 50.1 Å². The molecule has 0 radical (unpaired) electrons. The lowest BCUT2D eigenvalue weighted by molar-refractivity contribution is 0.572. The van der Waals surface area contributed by atoms with Crippen molar-refractivity contribution in [3.05, 3.63) is 32.7 Å². The number of nitrogens with zero attached hydrogens (tertiary/aromatic N) is 1. The molecule has 0 amide bonds. The summed E-state index contributed by atoms with van der Waals surface area (Å²) in [5, 5.41) is 9.37. The number of benzene rings is 1. The van der Waals surface area contributed by atoms with Crippen LogP contribution in [0.5, 0.6) is 0 Å². The Morgan fingerprint density at radius 1 is 1.07 bits per heavy atom. The monoisotopic (exact) mass is 327 g/mol. The van der Waals surface area contributed by atoms with E-state index in [4.69, 9.17) is 0 Å². The van der Waals surface area contributed by atoms with E-state index >= 15 is 0 Å². The summed E-state index contributed by atoms with van der Waals surface area (Å²) in [6.07, 6.45) is 4.31. The van der Waals surface area contributed by atoms with E-state index < -0.39 is 0 Å². The van der Waals surface area contributed by atoms with E-state index in [0.717, 1.165) is 40.2 Å². The fourth-order valence-electron chi connectivity index (χ4n) is 2.27. The Bertz CT molecular complexity index is 394. The van der Waals surface area contributed by atoms with Crippen LogP contribution in [0, 0.1) is 11.3 Å². The molecule has 0 atom stereocenters. The molecule has 0 unspecified atom stereocenters. The van der Waals surface area contributed by atoms with Crippen molar-refractivity contribution in [2.45, 2.75) is 31.1 Å². The molecule has 0 aliphatic heterocycles. The van der Waals surface area contributed by atoms with Gasteiger partial charge in [-0.1, -0.05) is 44.7 Å². The highest BCUT2D eigenvalue weighted by atomic mass is 79.9. The summed E-state index contributed by atoms with van der Waals surface area (Å²) in [6.45, 7) is 0. The molecule has 1 saturated carbocycles. The quantitative estimate of drug-likeness (QED) is 0.742. The van der Waals surface area contributed by atoms with Crippen LogP contribution in [-0.2, 0) is 5.41 Å². The molecule has 15 heavy (non-hydrogen) atoms. The van der Waals surface area contributed by atoms with Crippen LogP contribution >= 0.6 is 31.9 Å². The van der Waals surface area contributed by atoms with E-state index in [9.17, 15) is 5.26 Å². The van der Waals surface area contributed by atoms with Gasteiger partial charge in [0.05, 0.1) is 11.5 Å². The zero-order valence-electron chi connectivity index (χ0n) is 8.26. The first-order valence-corrected chi connectivity index (χ1v) is 6.63. The van der Waals surface area contributed by atoms with Crippen LogP contribution in [0.25, 0.3) is 0 Å². The van der Waals surface area contributed by atoms with Crippen molar-refractivity contribution in [2.24, 2.45) is 0 Å². The van der Waals surface area contributed by atoms with Gasteiger partial charge in [-0.3, -0.25) is 0 Å². The van der Waals surface area contributed by atoms with Crippen molar-refractivity contribution < 1.29 is 0 Å². The molecule has 1 aromatic carbocycles. The van der Waals surface area contributed by atoms with E-state index in [0.29, 0.717) is 0 Å². The summed E-state index contributed by atoms with van der Waals surface area (Å²) in [5.41, 5.74) is 0.899. The van der Waals surface area contributed by atoms with Crippen LogP contribution in [-0.4, -0.2) is 0 Å². The SMILES string of the molecule is N#CC1(c2cc(Br)cc(Br)c2)CCCC1. The standard InChI is InChI=1S/C12H11Br2N/c13-10-5-9(6-11(14)7-10)12(8-15)3-1-2-4-12/h5-7H,1-4H2. The Morgan fingerprint density at radius 2 is 1.60 bits per heavy atom. The number of nitriles is 1. The second kappa shape index (κ2) is 4.27. The lowest BCUT2D eigenvalue weighted by atomic mass is 9.80. The molecule has 1 aliphatic carbocycles. The maximum Gasteiger partial charge on any atom is 0.0823 e. The van der Waals surface area contributed by atoms with Gasteiger partial charge in [0.25, 0.3) is 0 Å². The lowest BCUT2D eigenvalue weighted by Crippen LogP contribution is -2.19. The van der Waals surface area contributed by atoms with Gasteiger partial charge < -0.3 is 0 Å². The first-order chi connectivity index (χ1) is 7.16. The van der Waals surface area contributed by atoms with E-state index in [1.165, 1.54) is 0 Å². The van der Waals surface area contributed by atoms with Crippen molar-refractivity contribution in [3.8, 4) is 6.07 Å². The average Bonchev–Trinajstić information content (AvgIpc) is 2.65. The van der Waals surface area contributed by atoms with Crippen LogP contribution in [0.1, 0.15) is 31.2 Å². The van der Waals surface area contributed by atoms with Gasteiger partial charge in [-0.2, -0.15) is 5.26 Å². The van der Waals surface area contributed by atoms with Crippen LogP contribution in [0.4, 0.5) is 0 Å². The summed E-state index contributed by atoms with van der Waals surface area (Å²) in [5.74, 6) is 0. The highest BCUT2D eigenvalue weighted by Crippen LogP contribution is 2.42. The molecule has 1 nitrogen and oxygen atoms in total. The van der Waals surface area contributed by atoms with Gasteiger partial charge in [0.1, 0.15) is 0 Å². The van der Waals surface area contributed by atoms with Crippen molar-refractivity contribution in [3.63, 3.8) is 0 Å². The fraction of sp³-hybridized carbons (Fsp3) is 0.417. The molecule has 3 heteroatoms. The Hall–Kier alpha value is -0.330. The summed E-state index contributed by atoms with van der Waals surface area (Å²) in [4.78, 5) is 0. The minimum atomic E-state index is -0.244. The molecule has 0 N–H and O–H groups in total. The molecule has 0 saturated heterocycles. The Balaban J connectivity index is 2.48. The topological polar surface area (TPSA) is 23.8 Å². The number of hydrogen-bond acceptors (Lipinski definition) is 1. The van der Waals surface area contributed by atoms with Crippen LogP contribution in [0.15, 0.2) is 27.1 Å². The van der Waals surface area contributed by atoms with Crippen molar-refractivity contribution >= 4 is 31.9 Å². The first kappa shape index (κ1) is 11.2. The number of halogens is 2. The molecule has 2 rings (SSSR count). The molecule has 1 aromatic rings. The molecule has 0 heterocycles. The third kappa shape index (κ3) is 2.11. The second-order valence-electron chi connectivity index (χ2n) is 4.06. The highest BCUT2D eigenvalue weighted by molar-refractivity contribution is 9.11. The summed E-state index contributed by atoms with van der Waals surface area (Å²) < 4.78 is 2.07. The minimum Gasteiger partial charge on any atom is -0.197 e. The zero-order chi connectivity index (χ0) is 10.9. The smallest absolute Gasteiger partial charge is 0.0823 e. The van der Waals surface area contributed by atoms with Gasteiger partial charge >= 0.3 is 0 Å². The summed E-state index contributed by atoms with van der Waals surface area (Å²) >= 11 is 6.95. The molecule has 0 bridgehead atoms. The van der Waals surface area contributed by atoms with Gasteiger partial charge in [-0.05, 0) is 36.6 Å². The minimum absolute atomic E-state index is 0.244. The second-order valence-corrected chi connectivity index (χ2v) is 5.89. The Morgan fingerprint density at radius 3 is 2.07 bits per heavy atom. The number of hydrogen-bond donors (Lipinski definition) is 0. The van der Waals surface area contributed by atoms with Gasteiger partial charge in [-0.15, -0.1) is 0 Å². The van der Waals surface area contributed by atoms with Crippen LogP contribution < -0.4 is 0 Å². The third-order valence-electron chi connectivity index (χ3n) is 3.09. The van der Waals surface area contributed by atoms with Crippen molar-refractivity contribution in [2.75, 3.05) is 0 Å². The molecular formula is C12H11Br2N. The Labute approximate surface area is 107 Å². The molecule has 0 aromatic heterocycles. The summed E-state index contributed by atoms with van der Waals surface area (Å²) in [6, 6.07) is 8.65. The predicted octanol–water partition coefficient (Wildman–Crippen LogP) is 4.55.